The molecule has 1 aromatic rings. The van der Waals surface area contributed by atoms with Crippen LogP contribution in [-0.2, 0) is 28.7 Å². The Morgan fingerprint density at radius 1 is 0.789 bits per heavy atom. The number of benzene rings is 1. The van der Waals surface area contributed by atoms with Crippen LogP contribution in [-0.4, -0.2) is 42.1 Å². The Morgan fingerprint density at radius 3 is 1.61 bits per heavy atom. The summed E-state index contributed by atoms with van der Waals surface area (Å²) in [6.07, 6.45) is 2.23. The van der Waals surface area contributed by atoms with E-state index in [9.17, 15) is 19.2 Å². The van der Waals surface area contributed by atoms with E-state index in [-0.39, 0.29) is 30.5 Å². The standard InChI is InChI=1S/C12H17NO.C12H20O4.C6H12O2/c1-4-12(2,3)11(14)13-10-8-6-5-7-9-10;1-6-12(4,5)11(14)16-8-7-15-10(13)9(2)3;1-4-6(2,3)5(7)8/h5-9H,4H2,1-3H3,(H,13,14);2,6-8H2,1,3-5H3;4H2,1-3H3,(H,7,8). The number of anilines is 1. The Kier molecular flexibility index (Phi) is 16.9. The van der Waals surface area contributed by atoms with Crippen LogP contribution in [0.15, 0.2) is 42.5 Å². The second kappa shape index (κ2) is 17.4. The van der Waals surface area contributed by atoms with Gasteiger partial charge in [-0.2, -0.15) is 0 Å². The first-order valence-electron chi connectivity index (χ1n) is 13.0. The number of rotatable bonds is 11. The van der Waals surface area contributed by atoms with Crippen LogP contribution in [0.5, 0.6) is 0 Å². The van der Waals surface area contributed by atoms with Crippen molar-refractivity contribution in [3.8, 4) is 0 Å². The molecule has 0 aliphatic carbocycles. The number of nitrogens with one attached hydrogen (secondary N) is 1. The van der Waals surface area contributed by atoms with Crippen molar-refractivity contribution in [3.63, 3.8) is 0 Å². The minimum atomic E-state index is -0.722. The highest BCUT2D eigenvalue weighted by Gasteiger charge is 2.27. The molecule has 1 amide bonds. The van der Waals surface area contributed by atoms with E-state index < -0.39 is 22.8 Å². The molecule has 0 radical (unpaired) electrons. The summed E-state index contributed by atoms with van der Waals surface area (Å²) in [6.45, 7) is 21.9. The van der Waals surface area contributed by atoms with E-state index in [1.807, 2.05) is 78.8 Å². The number of hydrogen-bond donors (Lipinski definition) is 2. The summed E-state index contributed by atoms with van der Waals surface area (Å²) in [5.41, 5.74) is -0.131. The van der Waals surface area contributed by atoms with Gasteiger partial charge in [-0.3, -0.25) is 14.4 Å². The second-order valence-corrected chi connectivity index (χ2v) is 10.9. The normalized spacial score (nSPS) is 11.0. The molecule has 0 aliphatic rings. The summed E-state index contributed by atoms with van der Waals surface area (Å²) < 4.78 is 9.77. The minimum Gasteiger partial charge on any atom is -0.481 e. The number of esters is 2. The molecule has 0 saturated heterocycles. The third-order valence-corrected chi connectivity index (χ3v) is 6.33. The first kappa shape index (κ1) is 37.0. The summed E-state index contributed by atoms with van der Waals surface area (Å²) in [5.74, 6) is -1.39. The van der Waals surface area contributed by atoms with Gasteiger partial charge in [0.1, 0.15) is 13.2 Å². The number of carbonyl (C=O) groups excluding carboxylic acids is 3. The maximum Gasteiger partial charge on any atom is 0.333 e. The Bertz CT molecular complexity index is 902. The molecule has 1 rings (SSSR count). The highest BCUT2D eigenvalue weighted by molar-refractivity contribution is 5.94. The minimum absolute atomic E-state index is 0.0667. The van der Waals surface area contributed by atoms with Crippen molar-refractivity contribution in [2.75, 3.05) is 18.5 Å². The van der Waals surface area contributed by atoms with Gasteiger partial charge in [0.2, 0.25) is 5.91 Å². The van der Waals surface area contributed by atoms with Crippen LogP contribution in [0.2, 0.25) is 0 Å². The molecule has 8 heteroatoms. The lowest BCUT2D eigenvalue weighted by Gasteiger charge is -2.21. The molecule has 0 saturated carbocycles. The quantitative estimate of drug-likeness (QED) is 0.185. The third kappa shape index (κ3) is 15.2. The van der Waals surface area contributed by atoms with Gasteiger partial charge in [0, 0.05) is 16.7 Å². The zero-order valence-electron chi connectivity index (χ0n) is 25.0. The fraction of sp³-hybridized carbons (Fsp3) is 0.600. The number of hydrogen-bond acceptors (Lipinski definition) is 6. The maximum atomic E-state index is 11.8. The van der Waals surface area contributed by atoms with E-state index in [1.54, 1.807) is 20.8 Å². The smallest absolute Gasteiger partial charge is 0.333 e. The van der Waals surface area contributed by atoms with Gasteiger partial charge in [0.25, 0.3) is 0 Å². The van der Waals surface area contributed by atoms with Gasteiger partial charge in [-0.05, 0) is 66.0 Å². The van der Waals surface area contributed by atoms with Gasteiger partial charge in [-0.25, -0.2) is 4.79 Å². The van der Waals surface area contributed by atoms with Crippen molar-refractivity contribution in [3.05, 3.63) is 42.5 Å². The first-order chi connectivity index (χ1) is 17.4. The predicted octanol–water partition coefficient (Wildman–Crippen LogP) is 6.65. The fourth-order valence-corrected chi connectivity index (χ4v) is 1.87. The highest BCUT2D eigenvalue weighted by atomic mass is 16.6. The van der Waals surface area contributed by atoms with Crippen LogP contribution < -0.4 is 5.32 Å². The van der Waals surface area contributed by atoms with Crippen molar-refractivity contribution < 1.29 is 33.8 Å². The van der Waals surface area contributed by atoms with Crippen molar-refractivity contribution in [1.82, 2.24) is 0 Å². The van der Waals surface area contributed by atoms with E-state index in [2.05, 4.69) is 11.9 Å². The number of ether oxygens (including phenoxy) is 2. The zero-order valence-corrected chi connectivity index (χ0v) is 25.0. The van der Waals surface area contributed by atoms with Gasteiger partial charge in [0.05, 0.1) is 10.8 Å². The van der Waals surface area contributed by atoms with E-state index in [4.69, 9.17) is 14.6 Å². The van der Waals surface area contributed by atoms with Crippen molar-refractivity contribution in [1.29, 1.82) is 0 Å². The zero-order chi connectivity index (χ0) is 30.2. The molecule has 1 aromatic carbocycles. The molecule has 216 valence electrons. The largest absolute Gasteiger partial charge is 0.481 e. The molecule has 2 N–H and O–H groups in total. The lowest BCUT2D eigenvalue weighted by molar-refractivity contribution is -0.158. The molecule has 0 bridgehead atoms. The van der Waals surface area contributed by atoms with Gasteiger partial charge in [0.15, 0.2) is 0 Å². The number of aliphatic carboxylic acids is 1. The molecule has 0 fully saturated rings. The molecule has 0 heterocycles. The van der Waals surface area contributed by atoms with Crippen LogP contribution >= 0.6 is 0 Å². The topological polar surface area (TPSA) is 119 Å². The molecule has 0 aliphatic heterocycles. The Hall–Kier alpha value is -3.16. The molecule has 0 unspecified atom stereocenters. The summed E-state index contributed by atoms with van der Waals surface area (Å²) >= 11 is 0. The van der Waals surface area contributed by atoms with Crippen molar-refractivity contribution in [2.24, 2.45) is 16.2 Å². The molecular formula is C30H49NO7. The number of amides is 1. The molecule has 8 nitrogen and oxygen atoms in total. The second-order valence-electron chi connectivity index (χ2n) is 10.9. The lowest BCUT2D eigenvalue weighted by Crippen LogP contribution is -2.29. The van der Waals surface area contributed by atoms with Gasteiger partial charge < -0.3 is 19.9 Å². The Labute approximate surface area is 229 Å². The van der Waals surface area contributed by atoms with E-state index >= 15 is 0 Å². The van der Waals surface area contributed by atoms with Crippen LogP contribution in [0.25, 0.3) is 0 Å². The van der Waals surface area contributed by atoms with Crippen LogP contribution in [0.1, 0.15) is 88.5 Å². The summed E-state index contributed by atoms with van der Waals surface area (Å²) in [7, 11) is 0. The highest BCUT2D eigenvalue weighted by Crippen LogP contribution is 2.22. The van der Waals surface area contributed by atoms with Gasteiger partial charge >= 0.3 is 17.9 Å². The molecule has 0 spiro atoms. The van der Waals surface area contributed by atoms with Crippen LogP contribution in [0.3, 0.4) is 0 Å². The Balaban J connectivity index is 0. The lowest BCUT2D eigenvalue weighted by atomic mass is 9.89. The monoisotopic (exact) mass is 535 g/mol. The maximum absolute atomic E-state index is 11.8. The summed E-state index contributed by atoms with van der Waals surface area (Å²) in [6, 6.07) is 9.54. The molecular weight excluding hydrogens is 486 g/mol. The van der Waals surface area contributed by atoms with E-state index in [1.165, 1.54) is 0 Å². The van der Waals surface area contributed by atoms with Gasteiger partial charge in [-0.1, -0.05) is 59.4 Å². The third-order valence-electron chi connectivity index (χ3n) is 6.33. The molecule has 0 aromatic heterocycles. The average Bonchev–Trinajstić information content (AvgIpc) is 2.87. The number of carboxylic acid groups (broad SMARTS) is 1. The fourth-order valence-electron chi connectivity index (χ4n) is 1.87. The predicted molar refractivity (Wildman–Crippen MR) is 152 cm³/mol. The summed E-state index contributed by atoms with van der Waals surface area (Å²) in [5, 5.41) is 11.3. The summed E-state index contributed by atoms with van der Waals surface area (Å²) in [4.78, 5) is 44.5. The van der Waals surface area contributed by atoms with Crippen molar-refractivity contribution in [2.45, 2.75) is 88.5 Å². The van der Waals surface area contributed by atoms with Crippen LogP contribution in [0.4, 0.5) is 5.69 Å². The Morgan fingerprint density at radius 2 is 1.24 bits per heavy atom. The number of para-hydroxylation sites is 1. The van der Waals surface area contributed by atoms with E-state index in [0.29, 0.717) is 18.4 Å². The van der Waals surface area contributed by atoms with Crippen molar-refractivity contribution >= 4 is 29.5 Å². The van der Waals surface area contributed by atoms with E-state index in [0.717, 1.165) is 12.1 Å². The number of carboxylic acids is 1. The SMILES string of the molecule is C=C(C)C(=O)OCCOC(=O)C(C)(C)CC.CCC(C)(C)C(=O)Nc1ccccc1.CCC(C)(C)C(=O)O. The average molecular weight is 536 g/mol. The molecule has 38 heavy (non-hydrogen) atoms. The van der Waals surface area contributed by atoms with Gasteiger partial charge in [-0.15, -0.1) is 0 Å². The first-order valence-corrected chi connectivity index (χ1v) is 13.0. The number of carbonyl (C=O) groups is 4. The van der Waals surface area contributed by atoms with Crippen LogP contribution in [0, 0.1) is 16.2 Å². The molecule has 0 atom stereocenters.